The lowest BCUT2D eigenvalue weighted by Gasteiger charge is -2.08. The van der Waals surface area contributed by atoms with E-state index in [0.717, 1.165) is 22.1 Å². The fourth-order valence-corrected chi connectivity index (χ4v) is 3.37. The van der Waals surface area contributed by atoms with E-state index in [9.17, 15) is 4.79 Å². The third kappa shape index (κ3) is 2.93. The molecule has 0 atom stereocenters. The van der Waals surface area contributed by atoms with Crippen LogP contribution in [0.2, 0.25) is 0 Å². The first kappa shape index (κ1) is 16.3. The first-order chi connectivity index (χ1) is 13.8. The molecular weight excluding hydrogens is 348 g/mol. The van der Waals surface area contributed by atoms with Crippen LogP contribution in [0.5, 0.6) is 0 Å². The number of aromatic nitrogens is 4. The zero-order valence-electron chi connectivity index (χ0n) is 15.0. The summed E-state index contributed by atoms with van der Waals surface area (Å²) in [6, 6.07) is 20.1. The Hall–Kier alpha value is -3.86. The molecule has 0 spiro atoms. The SMILES string of the molecule is O=c1c2cccnc2ncn1Cc1ccc(-c2ccc3ccncc3c2)cc1. The molecular formula is C23H16N4O. The Balaban J connectivity index is 1.45. The second kappa shape index (κ2) is 6.70. The topological polar surface area (TPSA) is 60.7 Å². The van der Waals surface area contributed by atoms with E-state index in [0.29, 0.717) is 17.6 Å². The molecule has 0 N–H and O–H groups in total. The molecule has 5 rings (SSSR count). The van der Waals surface area contributed by atoms with E-state index >= 15 is 0 Å². The Morgan fingerprint density at radius 1 is 0.821 bits per heavy atom. The van der Waals surface area contributed by atoms with Crippen LogP contribution in [0.4, 0.5) is 0 Å². The molecule has 0 amide bonds. The predicted molar refractivity (Wildman–Crippen MR) is 110 cm³/mol. The highest BCUT2D eigenvalue weighted by atomic mass is 16.1. The van der Waals surface area contributed by atoms with Crippen molar-refractivity contribution in [1.29, 1.82) is 0 Å². The van der Waals surface area contributed by atoms with Gasteiger partial charge in [-0.1, -0.05) is 36.4 Å². The molecule has 0 saturated heterocycles. The summed E-state index contributed by atoms with van der Waals surface area (Å²) >= 11 is 0. The van der Waals surface area contributed by atoms with Crippen molar-refractivity contribution in [2.45, 2.75) is 6.54 Å². The molecule has 3 aromatic heterocycles. The molecule has 0 fully saturated rings. The Morgan fingerprint density at radius 2 is 1.68 bits per heavy atom. The van der Waals surface area contributed by atoms with Crippen LogP contribution in [0, 0.1) is 0 Å². The third-order valence-electron chi connectivity index (χ3n) is 4.88. The monoisotopic (exact) mass is 364 g/mol. The maximum Gasteiger partial charge on any atom is 0.263 e. The molecule has 0 aliphatic carbocycles. The molecule has 5 heteroatoms. The van der Waals surface area contributed by atoms with E-state index < -0.39 is 0 Å². The van der Waals surface area contributed by atoms with Crippen molar-refractivity contribution in [1.82, 2.24) is 19.5 Å². The van der Waals surface area contributed by atoms with Gasteiger partial charge in [0.25, 0.3) is 5.56 Å². The summed E-state index contributed by atoms with van der Waals surface area (Å²) in [6.07, 6.45) is 6.88. The molecule has 28 heavy (non-hydrogen) atoms. The second-order valence-corrected chi connectivity index (χ2v) is 6.69. The molecule has 0 unspecified atom stereocenters. The van der Waals surface area contributed by atoms with Crippen molar-refractivity contribution < 1.29 is 0 Å². The van der Waals surface area contributed by atoms with Gasteiger partial charge < -0.3 is 0 Å². The summed E-state index contributed by atoms with van der Waals surface area (Å²) in [5.74, 6) is 0. The van der Waals surface area contributed by atoms with Gasteiger partial charge in [0.1, 0.15) is 6.33 Å². The molecule has 3 heterocycles. The lowest BCUT2D eigenvalue weighted by Crippen LogP contribution is -2.21. The molecule has 0 aliphatic rings. The zero-order valence-corrected chi connectivity index (χ0v) is 15.0. The third-order valence-corrected chi connectivity index (χ3v) is 4.88. The molecule has 0 aliphatic heterocycles. The minimum Gasteiger partial charge on any atom is -0.294 e. The first-order valence-electron chi connectivity index (χ1n) is 9.01. The summed E-state index contributed by atoms with van der Waals surface area (Å²) in [6.45, 7) is 0.471. The summed E-state index contributed by atoms with van der Waals surface area (Å²) in [5.41, 5.74) is 3.71. The van der Waals surface area contributed by atoms with Gasteiger partial charge in [0, 0.05) is 24.0 Å². The summed E-state index contributed by atoms with van der Waals surface area (Å²) in [5, 5.41) is 2.82. The van der Waals surface area contributed by atoms with Gasteiger partial charge in [0.15, 0.2) is 5.65 Å². The van der Waals surface area contributed by atoms with E-state index in [-0.39, 0.29) is 5.56 Å². The molecule has 0 radical (unpaired) electrons. The highest BCUT2D eigenvalue weighted by Crippen LogP contribution is 2.24. The smallest absolute Gasteiger partial charge is 0.263 e. The fourth-order valence-electron chi connectivity index (χ4n) is 3.37. The molecule has 134 valence electrons. The number of rotatable bonds is 3. The summed E-state index contributed by atoms with van der Waals surface area (Å²) < 4.78 is 1.61. The molecule has 0 bridgehead atoms. The summed E-state index contributed by atoms with van der Waals surface area (Å²) in [4.78, 5) is 25.2. The average molecular weight is 364 g/mol. The molecule has 0 saturated carbocycles. The van der Waals surface area contributed by atoms with Crippen LogP contribution in [0.3, 0.4) is 0 Å². The van der Waals surface area contributed by atoms with Gasteiger partial charge in [0.2, 0.25) is 0 Å². The van der Waals surface area contributed by atoms with E-state index in [1.165, 1.54) is 5.39 Å². The number of hydrogen-bond acceptors (Lipinski definition) is 4. The standard InChI is InChI=1S/C23H16N4O/c28-23-21-2-1-10-25-22(21)26-15-27(23)14-16-3-5-17(6-4-16)19-8-7-18-9-11-24-13-20(18)12-19/h1-13,15H,14H2. The van der Waals surface area contributed by atoms with E-state index in [1.54, 1.807) is 35.4 Å². The Kier molecular flexibility index (Phi) is 3.91. The van der Waals surface area contributed by atoms with Crippen LogP contribution in [0.15, 0.2) is 90.4 Å². The minimum atomic E-state index is -0.0794. The van der Waals surface area contributed by atoms with Crippen LogP contribution in [-0.2, 0) is 6.54 Å². The van der Waals surface area contributed by atoms with Crippen molar-refractivity contribution in [3.8, 4) is 11.1 Å². The van der Waals surface area contributed by atoms with Crippen molar-refractivity contribution in [3.05, 3.63) is 101 Å². The number of hydrogen-bond donors (Lipinski definition) is 0. The van der Waals surface area contributed by atoms with E-state index in [4.69, 9.17) is 0 Å². The van der Waals surface area contributed by atoms with Gasteiger partial charge in [-0.2, -0.15) is 0 Å². The number of fused-ring (bicyclic) bond motifs is 2. The van der Waals surface area contributed by atoms with Crippen molar-refractivity contribution >= 4 is 21.8 Å². The van der Waals surface area contributed by atoms with Gasteiger partial charge >= 0.3 is 0 Å². The fraction of sp³-hybridized carbons (Fsp3) is 0.0435. The van der Waals surface area contributed by atoms with Crippen molar-refractivity contribution in [2.24, 2.45) is 0 Å². The Labute approximate surface area is 161 Å². The van der Waals surface area contributed by atoms with E-state index in [1.807, 2.05) is 24.4 Å². The molecule has 5 aromatic rings. The lowest BCUT2D eigenvalue weighted by atomic mass is 10.0. The van der Waals surface area contributed by atoms with Crippen molar-refractivity contribution in [2.75, 3.05) is 0 Å². The van der Waals surface area contributed by atoms with Crippen LogP contribution in [0.25, 0.3) is 32.9 Å². The maximum atomic E-state index is 12.6. The van der Waals surface area contributed by atoms with Gasteiger partial charge in [-0.3, -0.25) is 14.3 Å². The number of benzene rings is 2. The highest BCUT2D eigenvalue weighted by molar-refractivity contribution is 5.86. The van der Waals surface area contributed by atoms with Crippen LogP contribution in [0.1, 0.15) is 5.56 Å². The highest BCUT2D eigenvalue weighted by Gasteiger charge is 2.06. The zero-order chi connectivity index (χ0) is 18.9. The van der Waals surface area contributed by atoms with Gasteiger partial charge in [-0.25, -0.2) is 9.97 Å². The largest absolute Gasteiger partial charge is 0.294 e. The predicted octanol–water partition coefficient (Wildman–Crippen LogP) is 4.06. The Bertz CT molecular complexity index is 1360. The van der Waals surface area contributed by atoms with Gasteiger partial charge in [-0.15, -0.1) is 0 Å². The van der Waals surface area contributed by atoms with Crippen LogP contribution >= 0.6 is 0 Å². The lowest BCUT2D eigenvalue weighted by molar-refractivity contribution is 0.747. The molecule has 2 aromatic carbocycles. The van der Waals surface area contributed by atoms with Crippen LogP contribution in [-0.4, -0.2) is 19.5 Å². The number of nitrogens with zero attached hydrogens (tertiary/aromatic N) is 4. The van der Waals surface area contributed by atoms with E-state index in [2.05, 4.69) is 45.3 Å². The maximum absolute atomic E-state index is 12.6. The number of pyridine rings is 2. The summed E-state index contributed by atoms with van der Waals surface area (Å²) in [7, 11) is 0. The Morgan fingerprint density at radius 3 is 2.57 bits per heavy atom. The second-order valence-electron chi connectivity index (χ2n) is 6.69. The minimum absolute atomic E-state index is 0.0794. The average Bonchev–Trinajstić information content (AvgIpc) is 2.76. The first-order valence-corrected chi connectivity index (χ1v) is 9.01. The van der Waals surface area contributed by atoms with Crippen LogP contribution < -0.4 is 5.56 Å². The normalized spacial score (nSPS) is 11.1. The van der Waals surface area contributed by atoms with Gasteiger partial charge in [0.05, 0.1) is 11.9 Å². The molecule has 5 nitrogen and oxygen atoms in total. The quantitative estimate of drug-likeness (QED) is 0.484. The van der Waals surface area contributed by atoms with Gasteiger partial charge in [-0.05, 0) is 46.3 Å². The van der Waals surface area contributed by atoms with Crippen molar-refractivity contribution in [3.63, 3.8) is 0 Å².